The molecule has 0 aliphatic heterocycles. The molecule has 0 aliphatic rings. The lowest BCUT2D eigenvalue weighted by Gasteiger charge is -2.15. The average molecular weight is 473 g/mol. The van der Waals surface area contributed by atoms with E-state index >= 15 is 0 Å². The van der Waals surface area contributed by atoms with E-state index in [1.54, 1.807) is 31.2 Å². The number of H-pyrrole nitrogens is 1. The number of aromatic amines is 1. The quantitative estimate of drug-likeness (QED) is 0.455. The van der Waals surface area contributed by atoms with Gasteiger partial charge in [-0.1, -0.05) is 26.0 Å². The first-order chi connectivity index (χ1) is 15.2. The molecule has 0 spiro atoms. The minimum atomic E-state index is -0.408. The van der Waals surface area contributed by atoms with Crippen LogP contribution in [0, 0.1) is 19.8 Å². The SMILES string of the molecule is Cc1sc2nc(CSC(C)C(=O)Nc3ccccc3C(=O)NCC(C)C)[nH]c(=O)c2c1C. The van der Waals surface area contributed by atoms with Crippen LogP contribution in [-0.4, -0.2) is 33.6 Å². The predicted octanol–water partition coefficient (Wildman–Crippen LogP) is 4.25. The molecule has 2 heterocycles. The highest BCUT2D eigenvalue weighted by atomic mass is 32.2. The molecule has 32 heavy (non-hydrogen) atoms. The van der Waals surface area contributed by atoms with Crippen LogP contribution >= 0.6 is 23.1 Å². The lowest BCUT2D eigenvalue weighted by molar-refractivity contribution is -0.115. The first-order valence-corrected chi connectivity index (χ1v) is 12.3. The van der Waals surface area contributed by atoms with Crippen LogP contribution in [0.3, 0.4) is 0 Å². The molecule has 2 amide bonds. The summed E-state index contributed by atoms with van der Waals surface area (Å²) < 4.78 is 0. The van der Waals surface area contributed by atoms with Gasteiger partial charge in [0.2, 0.25) is 5.91 Å². The fraction of sp³-hybridized carbons (Fsp3) is 0.391. The van der Waals surface area contributed by atoms with Crippen molar-refractivity contribution < 1.29 is 9.59 Å². The molecule has 0 fully saturated rings. The summed E-state index contributed by atoms with van der Waals surface area (Å²) in [5, 5.41) is 5.96. The Hall–Kier alpha value is -2.65. The third-order valence-electron chi connectivity index (χ3n) is 5.03. The fourth-order valence-electron chi connectivity index (χ4n) is 3.06. The number of para-hydroxylation sites is 1. The van der Waals surface area contributed by atoms with E-state index in [0.29, 0.717) is 40.7 Å². The van der Waals surface area contributed by atoms with Crippen molar-refractivity contribution in [1.29, 1.82) is 0 Å². The van der Waals surface area contributed by atoms with E-state index in [2.05, 4.69) is 20.6 Å². The molecule has 3 rings (SSSR count). The Morgan fingerprint density at radius 2 is 1.91 bits per heavy atom. The number of thiophene rings is 1. The van der Waals surface area contributed by atoms with E-state index in [9.17, 15) is 14.4 Å². The normalized spacial score (nSPS) is 12.2. The van der Waals surface area contributed by atoms with Crippen LogP contribution in [0.15, 0.2) is 29.1 Å². The van der Waals surface area contributed by atoms with Crippen molar-refractivity contribution in [2.24, 2.45) is 5.92 Å². The Morgan fingerprint density at radius 3 is 2.62 bits per heavy atom. The Morgan fingerprint density at radius 1 is 1.19 bits per heavy atom. The van der Waals surface area contributed by atoms with Gasteiger partial charge in [-0.05, 0) is 44.4 Å². The number of hydrogen-bond donors (Lipinski definition) is 3. The summed E-state index contributed by atoms with van der Waals surface area (Å²) in [6.07, 6.45) is 0. The third-order valence-corrected chi connectivity index (χ3v) is 7.28. The van der Waals surface area contributed by atoms with Gasteiger partial charge in [-0.15, -0.1) is 23.1 Å². The number of thioether (sulfide) groups is 1. The number of amides is 2. The highest BCUT2D eigenvalue weighted by Crippen LogP contribution is 2.27. The zero-order chi connectivity index (χ0) is 23.4. The molecule has 1 aromatic carbocycles. The van der Waals surface area contributed by atoms with Crippen LogP contribution in [0.4, 0.5) is 5.69 Å². The topological polar surface area (TPSA) is 104 Å². The predicted molar refractivity (Wildman–Crippen MR) is 133 cm³/mol. The molecule has 0 saturated heterocycles. The first-order valence-electron chi connectivity index (χ1n) is 10.5. The molecular weight excluding hydrogens is 444 g/mol. The highest BCUT2D eigenvalue weighted by molar-refractivity contribution is 7.99. The number of benzene rings is 1. The van der Waals surface area contributed by atoms with Gasteiger partial charge < -0.3 is 15.6 Å². The lowest BCUT2D eigenvalue weighted by atomic mass is 10.1. The standard InChI is InChI=1S/C23H28N4O3S2/c1-12(2)10-24-21(29)16-8-6-7-9-17(16)25-20(28)15(5)31-11-18-26-22(30)19-13(3)14(4)32-23(19)27-18/h6-9,12,15H,10-11H2,1-5H3,(H,24,29)(H,25,28)(H,26,27,30). The van der Waals surface area contributed by atoms with Gasteiger partial charge in [-0.3, -0.25) is 14.4 Å². The number of carbonyl (C=O) groups excluding carboxylic acids is 2. The maximum Gasteiger partial charge on any atom is 0.259 e. The van der Waals surface area contributed by atoms with Crippen LogP contribution in [0.25, 0.3) is 10.2 Å². The number of nitrogens with one attached hydrogen (secondary N) is 3. The minimum Gasteiger partial charge on any atom is -0.352 e. The Balaban J connectivity index is 1.65. The Bertz CT molecular complexity index is 1200. The molecule has 0 saturated carbocycles. The molecule has 0 radical (unpaired) electrons. The van der Waals surface area contributed by atoms with Gasteiger partial charge in [0, 0.05) is 11.4 Å². The van der Waals surface area contributed by atoms with Crippen molar-refractivity contribution in [1.82, 2.24) is 15.3 Å². The second-order valence-corrected chi connectivity index (χ2v) is 10.6. The number of carbonyl (C=O) groups is 2. The van der Waals surface area contributed by atoms with Crippen LogP contribution in [0.1, 0.15) is 47.4 Å². The van der Waals surface area contributed by atoms with Crippen molar-refractivity contribution in [2.75, 3.05) is 11.9 Å². The summed E-state index contributed by atoms with van der Waals surface area (Å²) in [5.74, 6) is 0.837. The van der Waals surface area contributed by atoms with Crippen molar-refractivity contribution >= 4 is 50.8 Å². The maximum absolute atomic E-state index is 12.7. The number of fused-ring (bicyclic) bond motifs is 1. The number of hydrogen-bond acceptors (Lipinski definition) is 6. The summed E-state index contributed by atoms with van der Waals surface area (Å²) in [6.45, 7) is 10.3. The number of nitrogens with zero attached hydrogens (tertiary/aromatic N) is 1. The van der Waals surface area contributed by atoms with Crippen molar-refractivity contribution in [2.45, 2.75) is 45.6 Å². The monoisotopic (exact) mass is 472 g/mol. The molecule has 3 aromatic rings. The van der Waals surface area contributed by atoms with Crippen LogP contribution in [0.5, 0.6) is 0 Å². The first kappa shape index (κ1) is 24.0. The van der Waals surface area contributed by atoms with Gasteiger partial charge >= 0.3 is 0 Å². The van der Waals surface area contributed by atoms with E-state index in [1.807, 2.05) is 27.7 Å². The number of aromatic nitrogens is 2. The Labute approximate surface area is 195 Å². The smallest absolute Gasteiger partial charge is 0.259 e. The van der Waals surface area contributed by atoms with E-state index in [0.717, 1.165) is 15.3 Å². The van der Waals surface area contributed by atoms with Gasteiger partial charge in [0.15, 0.2) is 0 Å². The van der Waals surface area contributed by atoms with E-state index in [-0.39, 0.29) is 17.4 Å². The summed E-state index contributed by atoms with van der Waals surface area (Å²) in [4.78, 5) is 46.9. The molecule has 3 N–H and O–H groups in total. The molecule has 9 heteroatoms. The summed E-state index contributed by atoms with van der Waals surface area (Å²) >= 11 is 2.87. The van der Waals surface area contributed by atoms with Crippen LogP contribution < -0.4 is 16.2 Å². The lowest BCUT2D eigenvalue weighted by Crippen LogP contribution is -2.29. The van der Waals surface area contributed by atoms with Crippen molar-refractivity contribution in [3.63, 3.8) is 0 Å². The second kappa shape index (κ2) is 10.3. The van der Waals surface area contributed by atoms with Gasteiger partial charge in [0.25, 0.3) is 11.5 Å². The molecule has 170 valence electrons. The third kappa shape index (κ3) is 5.58. The molecule has 1 unspecified atom stereocenters. The van der Waals surface area contributed by atoms with Gasteiger partial charge in [0.05, 0.1) is 27.6 Å². The zero-order valence-corrected chi connectivity index (χ0v) is 20.5. The maximum atomic E-state index is 12.7. The molecular formula is C23H28N4O3S2. The van der Waals surface area contributed by atoms with Crippen molar-refractivity contribution in [3.8, 4) is 0 Å². The number of rotatable bonds is 8. The van der Waals surface area contributed by atoms with Gasteiger partial charge in [-0.2, -0.15) is 0 Å². The number of anilines is 1. The number of aryl methyl sites for hydroxylation is 2. The highest BCUT2D eigenvalue weighted by Gasteiger charge is 2.19. The molecule has 7 nitrogen and oxygen atoms in total. The van der Waals surface area contributed by atoms with E-state index in [1.165, 1.54) is 23.1 Å². The fourth-order valence-corrected chi connectivity index (χ4v) is 4.87. The summed E-state index contributed by atoms with van der Waals surface area (Å²) in [7, 11) is 0. The van der Waals surface area contributed by atoms with Gasteiger partial charge in [-0.25, -0.2) is 4.98 Å². The van der Waals surface area contributed by atoms with E-state index < -0.39 is 5.25 Å². The summed E-state index contributed by atoms with van der Waals surface area (Å²) in [5.41, 5.74) is 1.72. The van der Waals surface area contributed by atoms with E-state index in [4.69, 9.17) is 0 Å². The molecule has 0 bridgehead atoms. The Kier molecular flexibility index (Phi) is 7.73. The molecule has 1 atom stereocenters. The van der Waals surface area contributed by atoms with Crippen LogP contribution in [-0.2, 0) is 10.5 Å². The second-order valence-electron chi connectivity index (χ2n) is 8.07. The minimum absolute atomic E-state index is 0.147. The average Bonchev–Trinajstić information content (AvgIpc) is 3.04. The van der Waals surface area contributed by atoms with Gasteiger partial charge in [0.1, 0.15) is 10.7 Å². The largest absolute Gasteiger partial charge is 0.352 e. The molecule has 0 aliphatic carbocycles. The molecule has 2 aromatic heterocycles. The van der Waals surface area contributed by atoms with Crippen LogP contribution in [0.2, 0.25) is 0 Å². The summed E-state index contributed by atoms with van der Waals surface area (Å²) in [6, 6.07) is 6.96. The zero-order valence-electron chi connectivity index (χ0n) is 18.9. The van der Waals surface area contributed by atoms with Crippen molar-refractivity contribution in [3.05, 3.63) is 56.4 Å².